The highest BCUT2D eigenvalue weighted by Crippen LogP contribution is 2.39. The quantitative estimate of drug-likeness (QED) is 0.595. The lowest BCUT2D eigenvalue weighted by Crippen LogP contribution is -2.54. The number of aryl methyl sites for hydroxylation is 2. The number of esters is 1. The molecule has 6 heteroatoms. The minimum Gasteiger partial charge on any atom is -0.507 e. The third-order valence-electron chi connectivity index (χ3n) is 8.00. The second-order valence-electron chi connectivity index (χ2n) is 10.3. The van der Waals surface area contributed by atoms with Crippen molar-refractivity contribution in [3.05, 3.63) is 47.5 Å². The third kappa shape index (κ3) is 5.49. The van der Waals surface area contributed by atoms with Gasteiger partial charge in [-0.3, -0.25) is 9.69 Å². The maximum Gasteiger partial charge on any atom is 0.302 e. The van der Waals surface area contributed by atoms with Gasteiger partial charge in [-0.15, -0.1) is 0 Å². The number of rotatable bonds is 2. The molecule has 6 nitrogen and oxygen atoms in total. The molecule has 6 rings (SSSR count). The Morgan fingerprint density at radius 1 is 0.971 bits per heavy atom. The Morgan fingerprint density at radius 2 is 1.69 bits per heavy atom. The maximum absolute atomic E-state index is 11.9. The first-order valence-corrected chi connectivity index (χ1v) is 13.0. The summed E-state index contributed by atoms with van der Waals surface area (Å²) in [6.45, 7) is 2.16. The number of ether oxygens (including phenoxy) is 3. The molecule has 0 saturated carbocycles. The molecule has 0 aliphatic carbocycles. The van der Waals surface area contributed by atoms with E-state index in [0.717, 1.165) is 67.4 Å². The van der Waals surface area contributed by atoms with Gasteiger partial charge in [0.05, 0.1) is 19.9 Å². The summed E-state index contributed by atoms with van der Waals surface area (Å²) in [4.78, 5) is 14.5. The monoisotopic (exact) mass is 479 g/mol. The molecule has 2 aromatic carbocycles. The van der Waals surface area contributed by atoms with E-state index in [1.807, 2.05) is 12.1 Å². The largest absolute Gasteiger partial charge is 0.507 e. The van der Waals surface area contributed by atoms with Crippen molar-refractivity contribution in [2.75, 3.05) is 13.8 Å². The molecule has 4 heterocycles. The zero-order chi connectivity index (χ0) is 24.4. The molecular weight excluding hydrogens is 442 g/mol. The van der Waals surface area contributed by atoms with E-state index in [2.05, 4.69) is 23.1 Å². The molecule has 1 N–H and O–H groups in total. The highest BCUT2D eigenvalue weighted by molar-refractivity contribution is 5.76. The molecule has 0 radical (unpaired) electrons. The molecule has 4 aliphatic rings. The van der Waals surface area contributed by atoms with Crippen molar-refractivity contribution in [1.29, 1.82) is 0 Å². The van der Waals surface area contributed by atoms with Gasteiger partial charge in [0.1, 0.15) is 17.6 Å². The lowest BCUT2D eigenvalue weighted by molar-refractivity contribution is -0.152. The van der Waals surface area contributed by atoms with Crippen molar-refractivity contribution in [2.45, 2.75) is 89.0 Å². The van der Waals surface area contributed by atoms with Gasteiger partial charge in [0.15, 0.2) is 0 Å². The number of carbonyl (C=O) groups is 1. The van der Waals surface area contributed by atoms with Crippen LogP contribution in [0.1, 0.15) is 63.0 Å². The first-order chi connectivity index (χ1) is 17.0. The average Bonchev–Trinajstić information content (AvgIpc) is 2.86. The summed E-state index contributed by atoms with van der Waals surface area (Å²) in [5, 5.41) is 10.7. The SMILES string of the molecule is COc1ccc2cc1-c1cc(ccc1O)CC[C@H]1C[C@H]3CCCC(CC(OC(C)=O)CC2)N3CO1. The Bertz CT molecular complexity index is 1050. The Labute approximate surface area is 208 Å². The molecule has 2 fully saturated rings. The van der Waals surface area contributed by atoms with Crippen LogP contribution in [0.2, 0.25) is 0 Å². The number of phenolic OH excluding ortho intramolecular Hbond substituents is 1. The number of fused-ring (bicyclic) bond motifs is 5. The number of nitrogens with zero attached hydrogens (tertiary/aromatic N) is 1. The summed E-state index contributed by atoms with van der Waals surface area (Å²) in [7, 11) is 1.66. The standard InChI is InChI=1S/C29H37NO5/c1-19(31)35-25-11-7-21-9-13-29(33-2)27(15-21)26-14-20(8-12-28(26)32)6-10-24-16-22-4-3-5-23(17-25)30(22)18-34-24/h8-9,12-15,22-25,32H,3-7,10-11,16-18H2,1-2H3/t22-,23?,24+,25?/m1/s1. The predicted octanol–water partition coefficient (Wildman–Crippen LogP) is 5.24. The summed E-state index contributed by atoms with van der Waals surface area (Å²) in [5.41, 5.74) is 4.00. The van der Waals surface area contributed by atoms with Crippen molar-refractivity contribution >= 4 is 5.97 Å². The lowest BCUT2D eigenvalue weighted by Gasteiger charge is -2.47. The number of methoxy groups -OCH3 is 1. The zero-order valence-corrected chi connectivity index (χ0v) is 20.9. The minimum atomic E-state index is -0.222. The van der Waals surface area contributed by atoms with Crippen molar-refractivity contribution in [3.63, 3.8) is 0 Å². The summed E-state index contributed by atoms with van der Waals surface area (Å²) < 4.78 is 17.8. The molecule has 3 unspecified atom stereocenters. The maximum atomic E-state index is 11.9. The van der Waals surface area contributed by atoms with E-state index < -0.39 is 0 Å². The van der Waals surface area contributed by atoms with E-state index in [9.17, 15) is 9.90 Å². The highest BCUT2D eigenvalue weighted by atomic mass is 16.5. The van der Waals surface area contributed by atoms with Crippen molar-refractivity contribution < 1.29 is 24.1 Å². The van der Waals surface area contributed by atoms with E-state index in [-0.39, 0.29) is 23.9 Å². The van der Waals surface area contributed by atoms with E-state index in [1.54, 1.807) is 13.2 Å². The molecule has 8 bridgehead atoms. The summed E-state index contributed by atoms with van der Waals surface area (Å²) >= 11 is 0. The minimum absolute atomic E-state index is 0.132. The fourth-order valence-corrected chi connectivity index (χ4v) is 6.19. The second kappa shape index (κ2) is 10.6. The number of piperidine rings is 1. The Balaban J connectivity index is 1.51. The van der Waals surface area contributed by atoms with Gasteiger partial charge in [0, 0.05) is 36.6 Å². The number of carbonyl (C=O) groups excluding carboxylic acids is 1. The van der Waals surface area contributed by atoms with Crippen LogP contribution in [-0.2, 0) is 27.1 Å². The number of aromatic hydroxyl groups is 1. The first-order valence-electron chi connectivity index (χ1n) is 13.0. The highest BCUT2D eigenvalue weighted by Gasteiger charge is 2.37. The van der Waals surface area contributed by atoms with E-state index in [4.69, 9.17) is 14.2 Å². The Hall–Kier alpha value is -2.57. The molecule has 0 aromatic heterocycles. The molecule has 2 aromatic rings. The number of benzene rings is 2. The normalized spacial score (nSPS) is 28.7. The fraction of sp³-hybridized carbons (Fsp3) is 0.552. The van der Waals surface area contributed by atoms with Gasteiger partial charge in [-0.05, 0) is 80.3 Å². The Morgan fingerprint density at radius 3 is 2.46 bits per heavy atom. The van der Waals surface area contributed by atoms with Crippen LogP contribution in [0.4, 0.5) is 0 Å². The van der Waals surface area contributed by atoms with Gasteiger partial charge in [0.2, 0.25) is 0 Å². The molecule has 0 spiro atoms. The summed E-state index contributed by atoms with van der Waals surface area (Å²) in [5.74, 6) is 0.762. The molecule has 4 aliphatic heterocycles. The lowest BCUT2D eigenvalue weighted by atomic mass is 9.87. The number of phenols is 1. The van der Waals surface area contributed by atoms with Gasteiger partial charge in [-0.2, -0.15) is 0 Å². The molecule has 188 valence electrons. The van der Waals surface area contributed by atoms with Crippen LogP contribution < -0.4 is 4.74 Å². The van der Waals surface area contributed by atoms with E-state index >= 15 is 0 Å². The molecule has 5 atom stereocenters. The van der Waals surface area contributed by atoms with Crippen LogP contribution in [0.15, 0.2) is 36.4 Å². The van der Waals surface area contributed by atoms with Crippen molar-refractivity contribution in [3.8, 4) is 22.6 Å². The predicted molar refractivity (Wildman–Crippen MR) is 135 cm³/mol. The topological polar surface area (TPSA) is 68.2 Å². The van der Waals surface area contributed by atoms with Gasteiger partial charge >= 0.3 is 5.97 Å². The van der Waals surface area contributed by atoms with Crippen LogP contribution >= 0.6 is 0 Å². The fourth-order valence-electron chi connectivity index (χ4n) is 6.19. The van der Waals surface area contributed by atoms with Crippen molar-refractivity contribution in [1.82, 2.24) is 4.90 Å². The van der Waals surface area contributed by atoms with Crippen LogP contribution in [0.25, 0.3) is 11.1 Å². The van der Waals surface area contributed by atoms with Crippen LogP contribution in [-0.4, -0.2) is 54.1 Å². The van der Waals surface area contributed by atoms with Crippen LogP contribution in [0.3, 0.4) is 0 Å². The van der Waals surface area contributed by atoms with Crippen molar-refractivity contribution in [2.24, 2.45) is 0 Å². The van der Waals surface area contributed by atoms with Crippen LogP contribution in [0.5, 0.6) is 11.5 Å². The van der Waals surface area contributed by atoms with E-state index in [1.165, 1.54) is 25.3 Å². The zero-order valence-electron chi connectivity index (χ0n) is 20.9. The van der Waals surface area contributed by atoms with Gasteiger partial charge in [-0.1, -0.05) is 18.6 Å². The number of hydrogen-bond acceptors (Lipinski definition) is 6. The van der Waals surface area contributed by atoms with Gasteiger partial charge in [0.25, 0.3) is 0 Å². The van der Waals surface area contributed by atoms with Crippen LogP contribution in [0, 0.1) is 0 Å². The van der Waals surface area contributed by atoms with Gasteiger partial charge in [-0.25, -0.2) is 0 Å². The Kier molecular flexibility index (Phi) is 7.30. The third-order valence-corrected chi connectivity index (χ3v) is 8.00. The smallest absolute Gasteiger partial charge is 0.302 e. The summed E-state index contributed by atoms with van der Waals surface area (Å²) in [6.07, 6.45) is 8.97. The molecule has 35 heavy (non-hydrogen) atoms. The molecule has 0 amide bonds. The average molecular weight is 480 g/mol. The summed E-state index contributed by atoms with van der Waals surface area (Å²) in [6, 6.07) is 12.9. The van der Waals surface area contributed by atoms with Gasteiger partial charge < -0.3 is 19.3 Å². The molecule has 2 saturated heterocycles. The van der Waals surface area contributed by atoms with E-state index in [0.29, 0.717) is 18.8 Å². The number of hydrogen-bond donors (Lipinski definition) is 1. The molecular formula is C29H37NO5. The second-order valence-corrected chi connectivity index (χ2v) is 10.3. The first kappa shape index (κ1) is 24.1.